The van der Waals surface area contributed by atoms with E-state index in [0.29, 0.717) is 16.6 Å². The zero-order valence-electron chi connectivity index (χ0n) is 12.3. The average molecular weight is 313 g/mol. The third-order valence-electron chi connectivity index (χ3n) is 3.31. The van der Waals surface area contributed by atoms with Crippen LogP contribution in [0.1, 0.15) is 21.1 Å². The van der Waals surface area contributed by atoms with E-state index in [0.717, 1.165) is 11.1 Å². The van der Waals surface area contributed by atoms with Crippen molar-refractivity contribution in [3.8, 4) is 11.4 Å². The molecule has 1 amide bonds. The van der Waals surface area contributed by atoms with Crippen molar-refractivity contribution in [1.29, 1.82) is 0 Å². The van der Waals surface area contributed by atoms with Crippen molar-refractivity contribution in [2.24, 2.45) is 0 Å². The van der Waals surface area contributed by atoms with Crippen molar-refractivity contribution in [3.63, 3.8) is 0 Å². The normalized spacial score (nSPS) is 10.6. The summed E-state index contributed by atoms with van der Waals surface area (Å²) in [7, 11) is 1.72. The van der Waals surface area contributed by atoms with Gasteiger partial charge in [-0.3, -0.25) is 4.79 Å². The van der Waals surface area contributed by atoms with Gasteiger partial charge in [-0.25, -0.2) is 0 Å². The van der Waals surface area contributed by atoms with Gasteiger partial charge in [-0.15, -0.1) is 11.3 Å². The SMILES string of the molecule is Cc1ccccc1-c1noc(CN(C)C(=O)c2cccs2)n1. The number of thiophene rings is 1. The van der Waals surface area contributed by atoms with Crippen LogP contribution in [0.15, 0.2) is 46.3 Å². The van der Waals surface area contributed by atoms with E-state index >= 15 is 0 Å². The van der Waals surface area contributed by atoms with Crippen LogP contribution in [0.5, 0.6) is 0 Å². The molecule has 0 unspecified atom stereocenters. The second-order valence-corrected chi connectivity index (χ2v) is 5.91. The quantitative estimate of drug-likeness (QED) is 0.741. The molecule has 0 N–H and O–H groups in total. The van der Waals surface area contributed by atoms with E-state index in [1.807, 2.05) is 42.6 Å². The molecule has 112 valence electrons. The number of hydrogen-bond acceptors (Lipinski definition) is 5. The second-order valence-electron chi connectivity index (χ2n) is 4.97. The summed E-state index contributed by atoms with van der Waals surface area (Å²) in [4.78, 5) is 18.8. The summed E-state index contributed by atoms with van der Waals surface area (Å²) in [6.07, 6.45) is 0. The first-order chi connectivity index (χ1) is 10.6. The van der Waals surface area contributed by atoms with E-state index < -0.39 is 0 Å². The van der Waals surface area contributed by atoms with Gasteiger partial charge >= 0.3 is 0 Å². The van der Waals surface area contributed by atoms with Crippen LogP contribution in [0.4, 0.5) is 0 Å². The minimum atomic E-state index is -0.0503. The third-order valence-corrected chi connectivity index (χ3v) is 4.16. The number of rotatable bonds is 4. The van der Waals surface area contributed by atoms with Gasteiger partial charge < -0.3 is 9.42 Å². The Morgan fingerprint density at radius 1 is 1.27 bits per heavy atom. The number of benzene rings is 1. The van der Waals surface area contributed by atoms with Gasteiger partial charge in [0.25, 0.3) is 5.91 Å². The van der Waals surface area contributed by atoms with Gasteiger partial charge in [0, 0.05) is 12.6 Å². The summed E-state index contributed by atoms with van der Waals surface area (Å²) < 4.78 is 5.26. The maximum absolute atomic E-state index is 12.2. The zero-order valence-corrected chi connectivity index (χ0v) is 13.1. The molecule has 0 atom stereocenters. The topological polar surface area (TPSA) is 59.2 Å². The largest absolute Gasteiger partial charge is 0.337 e. The third kappa shape index (κ3) is 2.92. The number of aryl methyl sites for hydroxylation is 1. The highest BCUT2D eigenvalue weighted by Crippen LogP contribution is 2.20. The van der Waals surface area contributed by atoms with Crippen LogP contribution in [0.2, 0.25) is 0 Å². The van der Waals surface area contributed by atoms with Crippen molar-refractivity contribution in [3.05, 3.63) is 58.1 Å². The Bertz CT molecular complexity index is 780. The Kier molecular flexibility index (Phi) is 4.02. The summed E-state index contributed by atoms with van der Waals surface area (Å²) in [6, 6.07) is 11.5. The zero-order chi connectivity index (χ0) is 15.5. The molecule has 0 saturated heterocycles. The predicted molar refractivity (Wildman–Crippen MR) is 84.6 cm³/mol. The molecule has 5 nitrogen and oxygen atoms in total. The Labute approximate surface area is 132 Å². The van der Waals surface area contributed by atoms with Crippen LogP contribution in [0.25, 0.3) is 11.4 Å². The van der Waals surface area contributed by atoms with Crippen molar-refractivity contribution >= 4 is 17.2 Å². The molecular weight excluding hydrogens is 298 g/mol. The van der Waals surface area contributed by atoms with E-state index in [-0.39, 0.29) is 12.5 Å². The van der Waals surface area contributed by atoms with Gasteiger partial charge in [-0.1, -0.05) is 35.5 Å². The molecule has 6 heteroatoms. The molecule has 0 bridgehead atoms. The lowest BCUT2D eigenvalue weighted by molar-refractivity contribution is 0.0774. The lowest BCUT2D eigenvalue weighted by Crippen LogP contribution is -2.25. The van der Waals surface area contributed by atoms with Gasteiger partial charge in [0.1, 0.15) is 6.54 Å². The Morgan fingerprint density at radius 2 is 2.09 bits per heavy atom. The molecular formula is C16H15N3O2S. The van der Waals surface area contributed by atoms with E-state index in [9.17, 15) is 4.79 Å². The standard InChI is InChI=1S/C16H15N3O2S/c1-11-6-3-4-7-12(11)15-17-14(21-18-15)10-19(2)16(20)13-8-5-9-22-13/h3-9H,10H2,1-2H3. The average Bonchev–Trinajstić information content (AvgIpc) is 3.18. The molecule has 3 rings (SSSR count). The first-order valence-corrected chi connectivity index (χ1v) is 7.70. The van der Waals surface area contributed by atoms with E-state index in [1.54, 1.807) is 18.0 Å². The molecule has 0 saturated carbocycles. The molecule has 2 aromatic heterocycles. The molecule has 2 heterocycles. The highest BCUT2D eigenvalue weighted by Gasteiger charge is 2.17. The van der Waals surface area contributed by atoms with E-state index in [4.69, 9.17) is 4.52 Å². The fourth-order valence-electron chi connectivity index (χ4n) is 2.12. The van der Waals surface area contributed by atoms with Gasteiger partial charge in [0.05, 0.1) is 4.88 Å². The minimum Gasteiger partial charge on any atom is -0.337 e. The maximum Gasteiger partial charge on any atom is 0.264 e. The fraction of sp³-hybridized carbons (Fsp3) is 0.188. The molecule has 3 aromatic rings. The van der Waals surface area contributed by atoms with E-state index in [1.165, 1.54) is 11.3 Å². The first-order valence-electron chi connectivity index (χ1n) is 6.82. The van der Waals surface area contributed by atoms with Gasteiger partial charge in [0.15, 0.2) is 0 Å². The minimum absolute atomic E-state index is 0.0503. The summed E-state index contributed by atoms with van der Waals surface area (Å²) in [5, 5.41) is 5.88. The highest BCUT2D eigenvalue weighted by atomic mass is 32.1. The number of hydrogen-bond donors (Lipinski definition) is 0. The molecule has 0 aliphatic carbocycles. The number of amides is 1. The smallest absolute Gasteiger partial charge is 0.264 e. The van der Waals surface area contributed by atoms with Crippen LogP contribution in [0.3, 0.4) is 0 Å². The summed E-state index contributed by atoms with van der Waals surface area (Å²) >= 11 is 1.42. The van der Waals surface area contributed by atoms with Crippen LogP contribution in [-0.4, -0.2) is 28.0 Å². The molecule has 22 heavy (non-hydrogen) atoms. The molecule has 1 aromatic carbocycles. The van der Waals surface area contributed by atoms with Crippen molar-refractivity contribution in [2.45, 2.75) is 13.5 Å². The number of aromatic nitrogens is 2. The lowest BCUT2D eigenvalue weighted by Gasteiger charge is -2.13. The first kappa shape index (κ1) is 14.5. The van der Waals surface area contributed by atoms with Crippen LogP contribution in [0, 0.1) is 6.92 Å². The van der Waals surface area contributed by atoms with Crippen LogP contribution >= 0.6 is 11.3 Å². The molecule has 0 aliphatic heterocycles. The molecule has 0 aliphatic rings. The van der Waals surface area contributed by atoms with Crippen LogP contribution < -0.4 is 0 Å². The van der Waals surface area contributed by atoms with Crippen molar-refractivity contribution in [1.82, 2.24) is 15.0 Å². The van der Waals surface area contributed by atoms with Crippen molar-refractivity contribution < 1.29 is 9.32 Å². The van der Waals surface area contributed by atoms with Gasteiger partial charge in [-0.2, -0.15) is 4.98 Å². The number of nitrogens with zero attached hydrogens (tertiary/aromatic N) is 3. The maximum atomic E-state index is 12.2. The highest BCUT2D eigenvalue weighted by molar-refractivity contribution is 7.12. The Balaban J connectivity index is 1.75. The molecule has 0 radical (unpaired) electrons. The van der Waals surface area contributed by atoms with Gasteiger partial charge in [-0.05, 0) is 23.9 Å². The molecule has 0 spiro atoms. The summed E-state index contributed by atoms with van der Waals surface area (Å²) in [6.45, 7) is 2.29. The monoisotopic (exact) mass is 313 g/mol. The number of carbonyl (C=O) groups is 1. The Morgan fingerprint density at radius 3 is 2.82 bits per heavy atom. The van der Waals surface area contributed by atoms with Crippen LogP contribution in [-0.2, 0) is 6.54 Å². The lowest BCUT2D eigenvalue weighted by atomic mass is 10.1. The predicted octanol–water partition coefficient (Wildman–Crippen LogP) is 3.38. The van der Waals surface area contributed by atoms with E-state index in [2.05, 4.69) is 10.1 Å². The fourth-order valence-corrected chi connectivity index (χ4v) is 2.83. The second kappa shape index (κ2) is 6.11. The number of carbonyl (C=O) groups excluding carboxylic acids is 1. The molecule has 0 fully saturated rings. The summed E-state index contributed by atoms with van der Waals surface area (Å²) in [5.74, 6) is 0.918. The van der Waals surface area contributed by atoms with Gasteiger partial charge in [0.2, 0.25) is 11.7 Å². The van der Waals surface area contributed by atoms with Crippen molar-refractivity contribution in [2.75, 3.05) is 7.05 Å². The summed E-state index contributed by atoms with van der Waals surface area (Å²) in [5.41, 5.74) is 2.02. The Hall–Kier alpha value is -2.47.